The molecule has 0 aromatic carbocycles. The molecule has 0 spiro atoms. The van der Waals surface area contributed by atoms with Crippen LogP contribution in [0.3, 0.4) is 0 Å². The quantitative estimate of drug-likeness (QED) is 0.729. The Labute approximate surface area is 128 Å². The third-order valence-electron chi connectivity index (χ3n) is 4.31. The Kier molecular flexibility index (Phi) is 5.18. The van der Waals surface area contributed by atoms with Crippen molar-refractivity contribution in [3.05, 3.63) is 0 Å². The molecule has 0 aliphatic carbocycles. The van der Waals surface area contributed by atoms with E-state index in [9.17, 15) is 0 Å². The molecule has 0 amide bonds. The molecule has 0 saturated carbocycles. The Morgan fingerprint density at radius 2 is 1.32 bits per heavy atom. The van der Waals surface area contributed by atoms with Gasteiger partial charge in [-0.1, -0.05) is 0 Å². The van der Waals surface area contributed by atoms with Gasteiger partial charge in [-0.3, -0.25) is 0 Å². The molecular formula is C16H32N2Se. The van der Waals surface area contributed by atoms with Crippen molar-refractivity contribution in [1.29, 1.82) is 0 Å². The van der Waals surface area contributed by atoms with Gasteiger partial charge >= 0.3 is 128 Å². The molecule has 1 aliphatic rings. The van der Waals surface area contributed by atoms with Gasteiger partial charge in [0, 0.05) is 0 Å². The van der Waals surface area contributed by atoms with Crippen LogP contribution in [0.4, 0.5) is 0 Å². The van der Waals surface area contributed by atoms with Gasteiger partial charge in [0.2, 0.25) is 0 Å². The molecule has 19 heavy (non-hydrogen) atoms. The minimum atomic E-state index is 0.227. The first-order valence-corrected chi connectivity index (χ1v) is 8.49. The maximum atomic E-state index is 3.39. The van der Waals surface area contributed by atoms with E-state index in [1.54, 1.807) is 0 Å². The van der Waals surface area contributed by atoms with Crippen molar-refractivity contribution >= 4 is 20.2 Å². The first-order valence-electron chi connectivity index (χ1n) is 7.63. The van der Waals surface area contributed by atoms with Gasteiger partial charge in [0.15, 0.2) is 0 Å². The maximum absolute atomic E-state index is 3.39. The Morgan fingerprint density at radius 1 is 0.947 bits per heavy atom. The van der Waals surface area contributed by atoms with Crippen molar-refractivity contribution in [2.75, 3.05) is 0 Å². The summed E-state index contributed by atoms with van der Waals surface area (Å²) in [5, 5.41) is 0. The van der Waals surface area contributed by atoms with Crippen LogP contribution in [0.2, 0.25) is 0 Å². The number of hydrogen-bond acceptors (Lipinski definition) is 2. The molecular weight excluding hydrogens is 299 g/mol. The fourth-order valence-electron chi connectivity index (χ4n) is 3.67. The second-order valence-electron chi connectivity index (χ2n) is 7.69. The van der Waals surface area contributed by atoms with Gasteiger partial charge in [0.1, 0.15) is 0 Å². The second kappa shape index (κ2) is 5.77. The van der Waals surface area contributed by atoms with E-state index >= 15 is 0 Å². The molecule has 3 heteroatoms. The predicted molar refractivity (Wildman–Crippen MR) is 86.7 cm³/mol. The number of hydrogen-bond donors (Lipinski definition) is 0. The average molecular weight is 331 g/mol. The third-order valence-corrected chi connectivity index (χ3v) is 5.14. The summed E-state index contributed by atoms with van der Waals surface area (Å²) in [7, 11) is 0. The molecule has 0 aromatic heterocycles. The molecule has 0 aromatic rings. The van der Waals surface area contributed by atoms with Gasteiger partial charge < -0.3 is 0 Å². The van der Waals surface area contributed by atoms with Gasteiger partial charge in [0.05, 0.1) is 0 Å². The monoisotopic (exact) mass is 332 g/mol. The molecule has 1 aliphatic heterocycles. The zero-order chi connectivity index (χ0) is 15.0. The number of piperidine rings is 1. The Morgan fingerprint density at radius 3 is 1.63 bits per heavy atom. The molecule has 0 radical (unpaired) electrons. The van der Waals surface area contributed by atoms with E-state index in [0.29, 0.717) is 12.1 Å². The van der Waals surface area contributed by atoms with Crippen molar-refractivity contribution in [3.63, 3.8) is 0 Å². The van der Waals surface area contributed by atoms with Crippen LogP contribution in [0.25, 0.3) is 0 Å². The van der Waals surface area contributed by atoms with E-state index in [4.69, 9.17) is 0 Å². The normalized spacial score (nSPS) is 21.9. The van der Waals surface area contributed by atoms with E-state index in [-0.39, 0.29) is 11.1 Å². The fourth-order valence-corrected chi connectivity index (χ4v) is 5.59. The number of likely N-dealkylation sites (tertiary alicyclic amines) is 1. The van der Waals surface area contributed by atoms with E-state index in [1.807, 2.05) is 0 Å². The zero-order valence-electron chi connectivity index (χ0n) is 14.1. The van der Waals surface area contributed by atoms with Crippen LogP contribution in [0.5, 0.6) is 0 Å². The number of nitrogens with zero attached hydrogens (tertiary/aromatic N) is 2. The summed E-state index contributed by atoms with van der Waals surface area (Å²) >= 11 is 3.39. The van der Waals surface area contributed by atoms with Gasteiger partial charge in [0.25, 0.3) is 0 Å². The minimum absolute atomic E-state index is 0.227. The van der Waals surface area contributed by atoms with Gasteiger partial charge in [-0.05, 0) is 0 Å². The van der Waals surface area contributed by atoms with E-state index in [0.717, 1.165) is 0 Å². The molecule has 112 valence electrons. The predicted octanol–water partition coefficient (Wildman–Crippen LogP) is 3.40. The summed E-state index contributed by atoms with van der Waals surface area (Å²) in [4.78, 5) is 5.14. The number of rotatable bonds is 4. The molecule has 1 saturated heterocycles. The molecule has 1 fully saturated rings. The third kappa shape index (κ3) is 3.55. The van der Waals surface area contributed by atoms with Crippen LogP contribution in [-0.4, -0.2) is 53.2 Å². The molecule has 0 bridgehead atoms. The van der Waals surface area contributed by atoms with Crippen molar-refractivity contribution in [1.82, 2.24) is 9.80 Å². The average Bonchev–Trinajstić information content (AvgIpc) is 2.11. The summed E-state index contributed by atoms with van der Waals surface area (Å²) in [6, 6.07) is 1.04. The van der Waals surface area contributed by atoms with Gasteiger partial charge in [-0.2, -0.15) is 0 Å². The van der Waals surface area contributed by atoms with Crippen molar-refractivity contribution in [2.45, 2.75) is 97.8 Å². The molecule has 0 unspecified atom stereocenters. The fraction of sp³-hybridized carbons (Fsp3) is 0.938. The van der Waals surface area contributed by atoms with Crippen LogP contribution < -0.4 is 0 Å². The van der Waals surface area contributed by atoms with Crippen molar-refractivity contribution < 1.29 is 0 Å². The van der Waals surface area contributed by atoms with Gasteiger partial charge in [-0.15, -0.1) is 0 Å². The Bertz CT molecular complexity index is 308. The summed E-state index contributed by atoms with van der Waals surface area (Å²) < 4.78 is 1.32. The van der Waals surface area contributed by atoms with Crippen molar-refractivity contribution in [2.24, 2.45) is 0 Å². The molecule has 1 heterocycles. The Hall–Kier alpha value is -0.0105. The SMILES string of the molecule is CC(C)N(C(=[Se])N1C(C)(C)CCCC1(C)C)C(C)C. The summed E-state index contributed by atoms with van der Waals surface area (Å²) in [5.41, 5.74) is 0.453. The second-order valence-corrected chi connectivity index (χ2v) is 8.46. The molecule has 2 nitrogen and oxygen atoms in total. The van der Waals surface area contributed by atoms with Crippen LogP contribution in [0.15, 0.2) is 0 Å². The first kappa shape index (κ1) is 17.0. The summed E-state index contributed by atoms with van der Waals surface area (Å²) in [5.74, 6) is 0. The van der Waals surface area contributed by atoms with Crippen LogP contribution in [0.1, 0.15) is 74.7 Å². The van der Waals surface area contributed by atoms with E-state index in [2.05, 4.69) is 80.8 Å². The van der Waals surface area contributed by atoms with Crippen LogP contribution in [-0.2, 0) is 0 Å². The summed E-state index contributed by atoms with van der Waals surface area (Å²) in [6.07, 6.45) is 3.87. The van der Waals surface area contributed by atoms with Gasteiger partial charge in [-0.25, -0.2) is 0 Å². The summed E-state index contributed by atoms with van der Waals surface area (Å²) in [6.45, 7) is 18.6. The standard InChI is InChI=1S/C16H32N2Se/c1-12(2)17(13(3)4)14(19)18-15(5,6)10-9-11-16(18,7)8/h12-13H,9-11H2,1-8H3. The van der Waals surface area contributed by atoms with Crippen LogP contribution >= 0.6 is 0 Å². The zero-order valence-corrected chi connectivity index (χ0v) is 15.8. The van der Waals surface area contributed by atoms with E-state index < -0.39 is 0 Å². The molecule has 1 rings (SSSR count). The molecule has 0 N–H and O–H groups in total. The topological polar surface area (TPSA) is 6.48 Å². The van der Waals surface area contributed by atoms with Crippen LogP contribution in [0, 0.1) is 0 Å². The molecule has 0 atom stereocenters. The first-order chi connectivity index (χ1) is 8.50. The van der Waals surface area contributed by atoms with E-state index in [1.165, 1.54) is 23.9 Å². The van der Waals surface area contributed by atoms with Crippen molar-refractivity contribution in [3.8, 4) is 0 Å². The Balaban J connectivity index is 3.12.